The van der Waals surface area contributed by atoms with Crippen LogP contribution in [0, 0.1) is 6.92 Å². The lowest BCUT2D eigenvalue weighted by Crippen LogP contribution is -1.94. The van der Waals surface area contributed by atoms with Gasteiger partial charge in [-0.05, 0) is 54.9 Å². The van der Waals surface area contributed by atoms with Crippen LogP contribution in [0.5, 0.6) is 0 Å². The van der Waals surface area contributed by atoms with Gasteiger partial charge in [-0.2, -0.15) is 4.99 Å². The monoisotopic (exact) mass is 201 g/mol. The molecule has 0 atom stereocenters. The molecule has 2 rings (SSSR count). The zero-order valence-corrected chi connectivity index (χ0v) is 9.26. The van der Waals surface area contributed by atoms with Crippen molar-refractivity contribution in [2.24, 2.45) is 4.99 Å². The first-order valence-corrected chi connectivity index (χ1v) is 5.50. The molecule has 0 unspecified atom stereocenters. The zero-order chi connectivity index (χ0) is 10.8. The Bertz CT molecular complexity index is 439. The van der Waals surface area contributed by atoms with Gasteiger partial charge in [0.05, 0.1) is 5.69 Å². The summed E-state index contributed by atoms with van der Waals surface area (Å²) in [4.78, 5) is 14.4. The molecular weight excluding hydrogens is 186 g/mol. The molecule has 1 aliphatic rings. The summed E-state index contributed by atoms with van der Waals surface area (Å²) in [6.45, 7) is 4.20. The first-order chi connectivity index (χ1) is 7.27. The largest absolute Gasteiger partial charge is 0.240 e. The van der Waals surface area contributed by atoms with E-state index in [2.05, 4.69) is 24.9 Å². The number of hydrogen-bond acceptors (Lipinski definition) is 2. The summed E-state index contributed by atoms with van der Waals surface area (Å²) in [5, 5.41) is 0. The predicted molar refractivity (Wildman–Crippen MR) is 60.4 cm³/mol. The fraction of sp³-hybridized carbons (Fsp3) is 0.462. The molecule has 15 heavy (non-hydrogen) atoms. The smallest absolute Gasteiger partial charge is 0.211 e. The SMILES string of the molecule is CCc1c(C)cc2c(c1N=C=O)CCC2. The molecule has 0 saturated carbocycles. The number of benzene rings is 1. The van der Waals surface area contributed by atoms with E-state index in [1.807, 2.05) is 0 Å². The van der Waals surface area contributed by atoms with E-state index in [1.165, 1.54) is 28.7 Å². The van der Waals surface area contributed by atoms with Gasteiger partial charge in [0, 0.05) is 0 Å². The van der Waals surface area contributed by atoms with Gasteiger partial charge < -0.3 is 0 Å². The molecular formula is C13H15NO. The standard InChI is InChI=1S/C13H15NO/c1-3-11-9(2)7-10-5-4-6-12(10)13(11)14-8-15/h7H,3-6H2,1-2H3. The minimum Gasteiger partial charge on any atom is -0.211 e. The molecule has 1 aromatic carbocycles. The Hall–Kier alpha value is -1.40. The molecule has 0 bridgehead atoms. The Morgan fingerprint density at radius 3 is 2.93 bits per heavy atom. The Morgan fingerprint density at radius 2 is 2.27 bits per heavy atom. The van der Waals surface area contributed by atoms with Gasteiger partial charge in [0.2, 0.25) is 6.08 Å². The molecule has 0 spiro atoms. The Morgan fingerprint density at radius 1 is 1.47 bits per heavy atom. The summed E-state index contributed by atoms with van der Waals surface area (Å²) in [6, 6.07) is 2.25. The zero-order valence-electron chi connectivity index (χ0n) is 9.26. The second-order valence-electron chi connectivity index (χ2n) is 4.07. The van der Waals surface area contributed by atoms with Crippen LogP contribution in [0.25, 0.3) is 0 Å². The van der Waals surface area contributed by atoms with Crippen LogP contribution < -0.4 is 0 Å². The lowest BCUT2D eigenvalue weighted by Gasteiger charge is -2.11. The molecule has 0 heterocycles. The van der Waals surface area contributed by atoms with Gasteiger partial charge in [-0.3, -0.25) is 0 Å². The number of carbonyl (C=O) groups excluding carboxylic acids is 1. The van der Waals surface area contributed by atoms with Gasteiger partial charge in [0.15, 0.2) is 0 Å². The average Bonchev–Trinajstić information content (AvgIpc) is 2.66. The molecule has 2 nitrogen and oxygen atoms in total. The average molecular weight is 201 g/mol. The lowest BCUT2D eigenvalue weighted by atomic mass is 9.96. The van der Waals surface area contributed by atoms with Crippen molar-refractivity contribution in [1.29, 1.82) is 0 Å². The van der Waals surface area contributed by atoms with Crippen LogP contribution in [0.4, 0.5) is 5.69 Å². The molecule has 2 heteroatoms. The van der Waals surface area contributed by atoms with Gasteiger partial charge >= 0.3 is 0 Å². The Labute approximate surface area is 90.0 Å². The Kier molecular flexibility index (Phi) is 2.70. The van der Waals surface area contributed by atoms with E-state index in [0.29, 0.717) is 0 Å². The maximum atomic E-state index is 10.5. The molecule has 0 N–H and O–H groups in total. The third-order valence-electron chi connectivity index (χ3n) is 3.21. The quantitative estimate of drug-likeness (QED) is 0.534. The van der Waals surface area contributed by atoms with E-state index < -0.39 is 0 Å². The molecule has 0 fully saturated rings. The number of nitrogens with zero attached hydrogens (tertiary/aromatic N) is 1. The highest BCUT2D eigenvalue weighted by molar-refractivity contribution is 5.64. The van der Waals surface area contributed by atoms with E-state index in [4.69, 9.17) is 0 Å². The molecule has 78 valence electrons. The number of hydrogen-bond donors (Lipinski definition) is 0. The maximum Gasteiger partial charge on any atom is 0.240 e. The normalized spacial score (nSPS) is 13.5. The second kappa shape index (κ2) is 4.00. The van der Waals surface area contributed by atoms with Gasteiger partial charge in [-0.15, -0.1) is 0 Å². The predicted octanol–water partition coefficient (Wildman–Crippen LogP) is 3.01. The molecule has 1 aliphatic carbocycles. The molecule has 0 aromatic heterocycles. The van der Waals surface area contributed by atoms with Gasteiger partial charge in [-0.25, -0.2) is 4.79 Å². The minimum atomic E-state index is 0.903. The first kappa shape index (κ1) is 10.1. The van der Waals surface area contributed by atoms with E-state index in [1.54, 1.807) is 6.08 Å². The number of isocyanates is 1. The molecule has 0 saturated heterocycles. The number of aliphatic imine (C=N–C) groups is 1. The van der Waals surface area contributed by atoms with Crippen LogP contribution in [0.3, 0.4) is 0 Å². The van der Waals surface area contributed by atoms with Crippen molar-refractivity contribution in [3.05, 3.63) is 28.3 Å². The third kappa shape index (κ3) is 1.62. The van der Waals surface area contributed by atoms with Crippen molar-refractivity contribution in [2.75, 3.05) is 0 Å². The molecule has 0 radical (unpaired) electrons. The van der Waals surface area contributed by atoms with E-state index in [9.17, 15) is 4.79 Å². The summed E-state index contributed by atoms with van der Waals surface area (Å²) in [5.74, 6) is 0. The highest BCUT2D eigenvalue weighted by Crippen LogP contribution is 2.36. The summed E-state index contributed by atoms with van der Waals surface area (Å²) >= 11 is 0. The summed E-state index contributed by atoms with van der Waals surface area (Å²) < 4.78 is 0. The van der Waals surface area contributed by atoms with Crippen molar-refractivity contribution >= 4 is 11.8 Å². The van der Waals surface area contributed by atoms with Crippen LogP contribution in [0.1, 0.15) is 35.6 Å². The lowest BCUT2D eigenvalue weighted by molar-refractivity contribution is 0.565. The van der Waals surface area contributed by atoms with E-state index in [-0.39, 0.29) is 0 Å². The number of rotatable bonds is 2. The van der Waals surface area contributed by atoms with Gasteiger partial charge in [0.1, 0.15) is 0 Å². The van der Waals surface area contributed by atoms with Crippen molar-refractivity contribution in [2.45, 2.75) is 39.5 Å². The first-order valence-electron chi connectivity index (χ1n) is 5.50. The fourth-order valence-corrected chi connectivity index (χ4v) is 2.54. The van der Waals surface area contributed by atoms with E-state index in [0.717, 1.165) is 24.9 Å². The summed E-state index contributed by atoms with van der Waals surface area (Å²) in [7, 11) is 0. The highest BCUT2D eigenvalue weighted by Gasteiger charge is 2.18. The Balaban J connectivity index is 2.70. The minimum absolute atomic E-state index is 0.903. The van der Waals surface area contributed by atoms with Crippen LogP contribution in [-0.4, -0.2) is 6.08 Å². The molecule has 0 amide bonds. The maximum absolute atomic E-state index is 10.5. The summed E-state index contributed by atoms with van der Waals surface area (Å²) in [6.07, 6.45) is 5.99. The van der Waals surface area contributed by atoms with Crippen LogP contribution in [0.2, 0.25) is 0 Å². The van der Waals surface area contributed by atoms with Crippen molar-refractivity contribution < 1.29 is 4.79 Å². The fourth-order valence-electron chi connectivity index (χ4n) is 2.54. The molecule has 0 aliphatic heterocycles. The van der Waals surface area contributed by atoms with Crippen molar-refractivity contribution in [1.82, 2.24) is 0 Å². The number of fused-ring (bicyclic) bond motifs is 1. The van der Waals surface area contributed by atoms with Crippen LogP contribution in [0.15, 0.2) is 11.1 Å². The van der Waals surface area contributed by atoms with Crippen molar-refractivity contribution in [3.63, 3.8) is 0 Å². The number of aryl methyl sites for hydroxylation is 2. The third-order valence-corrected chi connectivity index (χ3v) is 3.21. The van der Waals surface area contributed by atoms with Gasteiger partial charge in [-0.1, -0.05) is 13.0 Å². The second-order valence-corrected chi connectivity index (χ2v) is 4.07. The topological polar surface area (TPSA) is 29.4 Å². The summed E-state index contributed by atoms with van der Waals surface area (Å²) in [5.41, 5.74) is 6.02. The van der Waals surface area contributed by atoms with Crippen molar-refractivity contribution in [3.8, 4) is 0 Å². The highest BCUT2D eigenvalue weighted by atomic mass is 16.1. The van der Waals surface area contributed by atoms with Crippen LogP contribution >= 0.6 is 0 Å². The van der Waals surface area contributed by atoms with Crippen LogP contribution in [-0.2, 0) is 24.1 Å². The van der Waals surface area contributed by atoms with E-state index >= 15 is 0 Å². The molecule has 1 aromatic rings. The van der Waals surface area contributed by atoms with Gasteiger partial charge in [0.25, 0.3) is 0 Å².